The predicted molar refractivity (Wildman–Crippen MR) is 119 cm³/mol. The maximum atomic E-state index is 14.8. The third-order valence-corrected chi connectivity index (χ3v) is 6.41. The van der Waals surface area contributed by atoms with E-state index in [-0.39, 0.29) is 27.7 Å². The third kappa shape index (κ3) is 3.64. The maximum Gasteiger partial charge on any atom is 0.290 e. The highest BCUT2D eigenvalue weighted by Gasteiger charge is 2.43. The van der Waals surface area contributed by atoms with Crippen molar-refractivity contribution < 1.29 is 13.6 Å². The van der Waals surface area contributed by atoms with Gasteiger partial charge in [0.05, 0.1) is 17.0 Å². The molecule has 1 aliphatic heterocycles. The number of hydrogen-bond acceptors (Lipinski definition) is 4. The van der Waals surface area contributed by atoms with Crippen molar-refractivity contribution >= 4 is 28.5 Å². The summed E-state index contributed by atoms with van der Waals surface area (Å²) >= 11 is 6.24. The highest BCUT2D eigenvalue weighted by Crippen LogP contribution is 2.39. The molecule has 1 unspecified atom stereocenters. The van der Waals surface area contributed by atoms with Crippen LogP contribution in [0.15, 0.2) is 45.6 Å². The lowest BCUT2D eigenvalue weighted by Gasteiger charge is -2.28. The van der Waals surface area contributed by atoms with Gasteiger partial charge in [-0.3, -0.25) is 9.59 Å². The fourth-order valence-electron chi connectivity index (χ4n) is 4.18. The maximum absolute atomic E-state index is 14.8. The molecule has 3 aromatic rings. The van der Waals surface area contributed by atoms with Crippen LogP contribution in [0.5, 0.6) is 0 Å². The van der Waals surface area contributed by atoms with Crippen molar-refractivity contribution in [3.8, 4) is 0 Å². The SMILES string of the molecule is CCN(CC)CCN1C(=O)c2oc3cc(C)c(Cl)cc3c(=O)c2C1c1ccccc1F. The third-order valence-electron chi connectivity index (χ3n) is 6.00. The van der Waals surface area contributed by atoms with Gasteiger partial charge in [-0.15, -0.1) is 0 Å². The molecule has 1 amide bonds. The minimum absolute atomic E-state index is 0.0213. The van der Waals surface area contributed by atoms with E-state index in [4.69, 9.17) is 16.0 Å². The molecule has 0 bridgehead atoms. The summed E-state index contributed by atoms with van der Waals surface area (Å²) in [7, 11) is 0. The fraction of sp³-hybridized carbons (Fsp3) is 0.333. The first-order valence-electron chi connectivity index (χ1n) is 10.4. The highest BCUT2D eigenvalue weighted by molar-refractivity contribution is 6.32. The van der Waals surface area contributed by atoms with E-state index < -0.39 is 17.8 Å². The van der Waals surface area contributed by atoms with Gasteiger partial charge in [0.1, 0.15) is 11.4 Å². The lowest BCUT2D eigenvalue weighted by atomic mass is 9.98. The molecule has 0 saturated carbocycles. The van der Waals surface area contributed by atoms with Crippen LogP contribution < -0.4 is 5.43 Å². The normalized spacial score (nSPS) is 15.9. The lowest BCUT2D eigenvalue weighted by molar-refractivity contribution is 0.0706. The Labute approximate surface area is 185 Å². The van der Waals surface area contributed by atoms with Crippen LogP contribution in [0, 0.1) is 12.7 Å². The van der Waals surface area contributed by atoms with E-state index in [1.807, 2.05) is 13.8 Å². The van der Waals surface area contributed by atoms with Gasteiger partial charge in [-0.1, -0.05) is 43.6 Å². The van der Waals surface area contributed by atoms with E-state index in [1.54, 1.807) is 42.2 Å². The number of likely N-dealkylation sites (N-methyl/N-ethyl adjacent to an activating group) is 1. The summed E-state index contributed by atoms with van der Waals surface area (Å²) in [6.07, 6.45) is 0. The van der Waals surface area contributed by atoms with Crippen LogP contribution in [0.2, 0.25) is 5.02 Å². The molecule has 0 aliphatic carbocycles. The summed E-state index contributed by atoms with van der Waals surface area (Å²) in [5, 5.41) is 0.721. The van der Waals surface area contributed by atoms with Crippen LogP contribution in [0.3, 0.4) is 0 Å². The molecule has 1 aromatic heterocycles. The molecule has 2 aromatic carbocycles. The number of fused-ring (bicyclic) bond motifs is 2. The molecular weight excluding hydrogens is 419 g/mol. The Hall–Kier alpha value is -2.70. The first kappa shape index (κ1) is 21.5. The molecule has 0 radical (unpaired) electrons. The van der Waals surface area contributed by atoms with Crippen LogP contribution >= 0.6 is 11.6 Å². The predicted octanol–water partition coefficient (Wildman–Crippen LogP) is 4.78. The van der Waals surface area contributed by atoms with Crippen molar-refractivity contribution in [1.29, 1.82) is 0 Å². The molecule has 0 saturated heterocycles. The average molecular weight is 443 g/mol. The molecule has 31 heavy (non-hydrogen) atoms. The summed E-state index contributed by atoms with van der Waals surface area (Å²) in [6.45, 7) is 8.50. The van der Waals surface area contributed by atoms with Gasteiger partial charge < -0.3 is 14.2 Å². The highest BCUT2D eigenvalue weighted by atomic mass is 35.5. The summed E-state index contributed by atoms with van der Waals surface area (Å²) in [4.78, 5) is 30.6. The minimum Gasteiger partial charge on any atom is -0.450 e. The standard InChI is InChI=1S/C24H24ClFN2O3/c1-4-27(5-2)10-11-28-21(15-8-6-7-9-18(15)26)20-22(29)16-13-17(25)14(3)12-19(16)31-23(20)24(28)30/h6-9,12-13,21H,4-5,10-11H2,1-3H3. The molecule has 1 atom stereocenters. The van der Waals surface area contributed by atoms with Crippen LogP contribution in [-0.4, -0.2) is 41.9 Å². The largest absolute Gasteiger partial charge is 0.450 e. The molecule has 0 fully saturated rings. The molecule has 162 valence electrons. The molecular formula is C24H24ClFN2O3. The van der Waals surface area contributed by atoms with Crippen molar-refractivity contribution in [2.75, 3.05) is 26.2 Å². The van der Waals surface area contributed by atoms with E-state index in [2.05, 4.69) is 4.90 Å². The van der Waals surface area contributed by atoms with Crippen LogP contribution in [-0.2, 0) is 0 Å². The lowest BCUT2D eigenvalue weighted by Crippen LogP contribution is -2.38. The number of rotatable bonds is 6. The number of amides is 1. The number of benzene rings is 2. The fourth-order valence-corrected chi connectivity index (χ4v) is 4.34. The molecule has 2 heterocycles. The van der Waals surface area contributed by atoms with Gasteiger partial charge in [-0.2, -0.15) is 0 Å². The Bertz CT molecular complexity index is 1220. The van der Waals surface area contributed by atoms with E-state index in [0.717, 1.165) is 18.7 Å². The second-order valence-electron chi connectivity index (χ2n) is 7.72. The number of nitrogens with zero attached hydrogens (tertiary/aromatic N) is 2. The topological polar surface area (TPSA) is 53.8 Å². The number of carbonyl (C=O) groups is 1. The van der Waals surface area contributed by atoms with Crippen molar-refractivity contribution in [1.82, 2.24) is 9.80 Å². The zero-order valence-electron chi connectivity index (χ0n) is 17.7. The smallest absolute Gasteiger partial charge is 0.290 e. The Morgan fingerprint density at radius 3 is 2.55 bits per heavy atom. The summed E-state index contributed by atoms with van der Waals surface area (Å²) < 4.78 is 20.8. The van der Waals surface area contributed by atoms with Crippen molar-refractivity contribution in [3.05, 3.63) is 79.9 Å². The molecule has 5 nitrogen and oxygen atoms in total. The van der Waals surface area contributed by atoms with Crippen LogP contribution in [0.4, 0.5) is 4.39 Å². The second-order valence-corrected chi connectivity index (χ2v) is 8.13. The van der Waals surface area contributed by atoms with Gasteiger partial charge in [-0.05, 0) is 43.8 Å². The molecule has 0 spiro atoms. The summed E-state index contributed by atoms with van der Waals surface area (Å²) in [6, 6.07) is 8.60. The van der Waals surface area contributed by atoms with Gasteiger partial charge >= 0.3 is 0 Å². The van der Waals surface area contributed by atoms with Crippen LogP contribution in [0.1, 0.15) is 47.1 Å². The summed E-state index contributed by atoms with van der Waals surface area (Å²) in [5.41, 5.74) is 1.13. The van der Waals surface area contributed by atoms with Crippen molar-refractivity contribution in [2.45, 2.75) is 26.8 Å². The Balaban J connectivity index is 1.92. The zero-order valence-corrected chi connectivity index (χ0v) is 18.5. The number of carbonyl (C=O) groups excluding carboxylic acids is 1. The van der Waals surface area contributed by atoms with Crippen molar-refractivity contribution in [3.63, 3.8) is 0 Å². The quantitative estimate of drug-likeness (QED) is 0.551. The van der Waals surface area contributed by atoms with Gasteiger partial charge in [0.15, 0.2) is 5.43 Å². The molecule has 4 rings (SSSR count). The minimum atomic E-state index is -0.847. The second kappa shape index (κ2) is 8.44. The van der Waals surface area contributed by atoms with Crippen LogP contribution in [0.25, 0.3) is 11.0 Å². The monoisotopic (exact) mass is 442 g/mol. The zero-order chi connectivity index (χ0) is 22.3. The number of aryl methyl sites for hydroxylation is 1. The van der Waals surface area contributed by atoms with E-state index >= 15 is 0 Å². The number of halogens is 2. The van der Waals surface area contributed by atoms with Gasteiger partial charge in [0.25, 0.3) is 5.91 Å². The van der Waals surface area contributed by atoms with Gasteiger partial charge in [-0.25, -0.2) is 4.39 Å². The first-order chi connectivity index (χ1) is 14.9. The van der Waals surface area contributed by atoms with E-state index in [1.165, 1.54) is 6.07 Å². The first-order valence-corrected chi connectivity index (χ1v) is 10.8. The number of hydrogen-bond donors (Lipinski definition) is 0. The van der Waals surface area contributed by atoms with Gasteiger partial charge in [0.2, 0.25) is 5.76 Å². The van der Waals surface area contributed by atoms with E-state index in [9.17, 15) is 14.0 Å². The average Bonchev–Trinajstić information content (AvgIpc) is 3.03. The summed E-state index contributed by atoms with van der Waals surface area (Å²) in [5.74, 6) is -0.892. The van der Waals surface area contributed by atoms with E-state index in [0.29, 0.717) is 23.7 Å². The molecule has 7 heteroatoms. The van der Waals surface area contributed by atoms with Crippen molar-refractivity contribution in [2.24, 2.45) is 0 Å². The Morgan fingerprint density at radius 1 is 1.16 bits per heavy atom. The molecule has 0 N–H and O–H groups in total. The molecule has 1 aliphatic rings. The van der Waals surface area contributed by atoms with Gasteiger partial charge in [0, 0.05) is 23.7 Å². The Kier molecular flexibility index (Phi) is 5.86. The Morgan fingerprint density at radius 2 is 1.87 bits per heavy atom.